The van der Waals surface area contributed by atoms with Crippen molar-refractivity contribution in [3.05, 3.63) is 52.8 Å². The summed E-state index contributed by atoms with van der Waals surface area (Å²) in [5.74, 6) is -1.17. The molecule has 140 valence electrons. The van der Waals surface area contributed by atoms with Crippen LogP contribution in [0.25, 0.3) is 0 Å². The number of hydrogen-bond acceptors (Lipinski definition) is 3. The molecule has 1 N–H and O–H groups in total. The van der Waals surface area contributed by atoms with E-state index < -0.39 is 5.97 Å². The predicted octanol–water partition coefficient (Wildman–Crippen LogP) is 3.03. The highest BCUT2D eigenvalue weighted by Gasteiger charge is 2.26. The van der Waals surface area contributed by atoms with E-state index in [1.165, 1.54) is 0 Å². The predicted molar refractivity (Wildman–Crippen MR) is 99.8 cm³/mol. The molecule has 0 aliphatic carbocycles. The summed E-state index contributed by atoms with van der Waals surface area (Å²) < 4.78 is 1.79. The van der Waals surface area contributed by atoms with E-state index in [4.69, 9.17) is 5.11 Å². The molecular weight excluding hydrogens is 330 g/mol. The van der Waals surface area contributed by atoms with Crippen LogP contribution >= 0.6 is 0 Å². The Kier molecular flexibility index (Phi) is 6.55. The van der Waals surface area contributed by atoms with E-state index in [2.05, 4.69) is 5.10 Å². The minimum absolute atomic E-state index is 0.00144. The summed E-state index contributed by atoms with van der Waals surface area (Å²) >= 11 is 0. The van der Waals surface area contributed by atoms with Crippen molar-refractivity contribution in [3.63, 3.8) is 0 Å². The Morgan fingerprint density at radius 1 is 1.23 bits per heavy atom. The third-order valence-corrected chi connectivity index (χ3v) is 4.72. The molecule has 1 amide bonds. The fourth-order valence-corrected chi connectivity index (χ4v) is 3.31. The van der Waals surface area contributed by atoms with E-state index in [0.717, 1.165) is 22.5 Å². The number of aromatic nitrogens is 2. The summed E-state index contributed by atoms with van der Waals surface area (Å²) in [6.45, 7) is 6.67. The van der Waals surface area contributed by atoms with Crippen molar-refractivity contribution in [1.29, 1.82) is 0 Å². The molecule has 1 heterocycles. The molecule has 6 heteroatoms. The summed E-state index contributed by atoms with van der Waals surface area (Å²) in [5, 5.41) is 13.3. The lowest BCUT2D eigenvalue weighted by Crippen LogP contribution is -2.35. The Labute approximate surface area is 154 Å². The van der Waals surface area contributed by atoms with Gasteiger partial charge in [0.2, 0.25) is 5.91 Å². The van der Waals surface area contributed by atoms with E-state index in [-0.39, 0.29) is 18.2 Å². The largest absolute Gasteiger partial charge is 0.481 e. The van der Waals surface area contributed by atoms with Crippen molar-refractivity contribution < 1.29 is 14.7 Å². The number of rotatable bonds is 8. The zero-order valence-corrected chi connectivity index (χ0v) is 15.9. The molecule has 1 aromatic heterocycles. The number of carboxylic acids is 1. The van der Waals surface area contributed by atoms with Crippen LogP contribution in [0, 0.1) is 13.8 Å². The number of benzene rings is 1. The number of carbonyl (C=O) groups is 2. The first kappa shape index (κ1) is 19.7. The molecule has 26 heavy (non-hydrogen) atoms. The highest BCUT2D eigenvalue weighted by atomic mass is 16.4. The number of aryl methyl sites for hydroxylation is 2. The van der Waals surface area contributed by atoms with Gasteiger partial charge in [-0.05, 0) is 32.8 Å². The molecule has 0 saturated heterocycles. The van der Waals surface area contributed by atoms with E-state index in [1.54, 1.807) is 9.58 Å². The minimum atomic E-state index is -0.843. The molecule has 0 spiro atoms. The van der Waals surface area contributed by atoms with Gasteiger partial charge in [-0.1, -0.05) is 30.3 Å². The molecule has 6 nitrogen and oxygen atoms in total. The number of aliphatic carboxylic acids is 1. The van der Waals surface area contributed by atoms with Crippen LogP contribution in [0.5, 0.6) is 0 Å². The van der Waals surface area contributed by atoms with Crippen molar-refractivity contribution >= 4 is 11.9 Å². The van der Waals surface area contributed by atoms with Crippen LogP contribution in [0.4, 0.5) is 0 Å². The SMILES string of the molecule is Cc1nn(C)c(C)c1C(C)C(=O)N(CCCC(=O)O)Cc1ccccc1. The van der Waals surface area contributed by atoms with Crippen molar-refractivity contribution in [2.45, 2.75) is 46.1 Å². The van der Waals surface area contributed by atoms with Gasteiger partial charge in [0.1, 0.15) is 0 Å². The molecule has 0 aliphatic rings. The molecule has 1 unspecified atom stereocenters. The van der Waals surface area contributed by atoms with Gasteiger partial charge in [0, 0.05) is 37.8 Å². The van der Waals surface area contributed by atoms with Crippen LogP contribution in [-0.2, 0) is 23.2 Å². The maximum atomic E-state index is 13.2. The van der Waals surface area contributed by atoms with Crippen molar-refractivity contribution in [2.75, 3.05) is 6.54 Å². The molecule has 0 bridgehead atoms. The molecule has 1 aromatic carbocycles. The van der Waals surface area contributed by atoms with Gasteiger partial charge in [-0.2, -0.15) is 5.10 Å². The third kappa shape index (κ3) is 4.71. The van der Waals surface area contributed by atoms with Crippen LogP contribution in [0.1, 0.15) is 48.2 Å². The normalized spacial score (nSPS) is 12.0. The Morgan fingerprint density at radius 2 is 1.88 bits per heavy atom. The first-order valence-electron chi connectivity index (χ1n) is 8.85. The smallest absolute Gasteiger partial charge is 0.303 e. The number of amides is 1. The van der Waals surface area contributed by atoms with Gasteiger partial charge in [0.25, 0.3) is 0 Å². The summed E-state index contributed by atoms with van der Waals surface area (Å²) in [6, 6.07) is 9.76. The zero-order valence-electron chi connectivity index (χ0n) is 15.9. The summed E-state index contributed by atoms with van der Waals surface area (Å²) in [4.78, 5) is 25.8. The summed E-state index contributed by atoms with van der Waals surface area (Å²) in [6.07, 6.45) is 0.490. The van der Waals surface area contributed by atoms with E-state index in [0.29, 0.717) is 19.5 Å². The molecule has 2 rings (SSSR count). The minimum Gasteiger partial charge on any atom is -0.481 e. The van der Waals surface area contributed by atoms with Crippen LogP contribution < -0.4 is 0 Å². The van der Waals surface area contributed by atoms with Gasteiger partial charge < -0.3 is 10.0 Å². The van der Waals surface area contributed by atoms with E-state index in [9.17, 15) is 9.59 Å². The summed E-state index contributed by atoms with van der Waals surface area (Å²) in [7, 11) is 1.87. The van der Waals surface area contributed by atoms with Gasteiger partial charge in [-0.3, -0.25) is 14.3 Å². The molecule has 0 radical (unpaired) electrons. The van der Waals surface area contributed by atoms with Crippen LogP contribution in [0.2, 0.25) is 0 Å². The summed E-state index contributed by atoms with van der Waals surface area (Å²) in [5.41, 5.74) is 3.82. The molecule has 1 atom stereocenters. The third-order valence-electron chi connectivity index (χ3n) is 4.72. The lowest BCUT2D eigenvalue weighted by molar-refractivity contribution is -0.138. The average Bonchev–Trinajstić information content (AvgIpc) is 2.85. The van der Waals surface area contributed by atoms with E-state index in [1.807, 2.05) is 58.2 Å². The highest BCUT2D eigenvalue weighted by molar-refractivity contribution is 5.84. The van der Waals surface area contributed by atoms with Gasteiger partial charge in [0.15, 0.2) is 0 Å². The second-order valence-corrected chi connectivity index (χ2v) is 6.67. The number of carbonyl (C=O) groups excluding carboxylic acids is 1. The Bertz CT molecular complexity index is 768. The van der Waals surface area contributed by atoms with Gasteiger partial charge >= 0.3 is 5.97 Å². The van der Waals surface area contributed by atoms with Crippen molar-refractivity contribution in [1.82, 2.24) is 14.7 Å². The van der Waals surface area contributed by atoms with Crippen LogP contribution in [0.15, 0.2) is 30.3 Å². The monoisotopic (exact) mass is 357 g/mol. The number of nitrogens with zero attached hydrogens (tertiary/aromatic N) is 3. The highest BCUT2D eigenvalue weighted by Crippen LogP contribution is 2.25. The molecule has 2 aromatic rings. The second-order valence-electron chi connectivity index (χ2n) is 6.67. The van der Waals surface area contributed by atoms with Crippen LogP contribution in [-0.4, -0.2) is 38.2 Å². The fraction of sp³-hybridized carbons (Fsp3) is 0.450. The maximum Gasteiger partial charge on any atom is 0.303 e. The first-order chi connectivity index (χ1) is 12.3. The van der Waals surface area contributed by atoms with Crippen molar-refractivity contribution in [2.24, 2.45) is 7.05 Å². The Balaban J connectivity index is 2.21. The molecule has 0 aliphatic heterocycles. The standard InChI is InChI=1S/C20H27N3O3/c1-14(19-15(2)21-22(4)16(19)3)20(26)23(12-8-11-18(24)25)13-17-9-6-5-7-10-17/h5-7,9-10,14H,8,11-13H2,1-4H3,(H,24,25). The Hall–Kier alpha value is -2.63. The van der Waals surface area contributed by atoms with E-state index >= 15 is 0 Å². The Morgan fingerprint density at radius 3 is 2.42 bits per heavy atom. The average molecular weight is 357 g/mol. The van der Waals surface area contributed by atoms with Gasteiger partial charge in [0.05, 0.1) is 11.6 Å². The lowest BCUT2D eigenvalue weighted by Gasteiger charge is -2.26. The van der Waals surface area contributed by atoms with Crippen LogP contribution in [0.3, 0.4) is 0 Å². The number of hydrogen-bond donors (Lipinski definition) is 1. The quantitative estimate of drug-likeness (QED) is 0.788. The van der Waals surface area contributed by atoms with Gasteiger partial charge in [-0.25, -0.2) is 0 Å². The maximum absolute atomic E-state index is 13.2. The molecular formula is C20H27N3O3. The second kappa shape index (κ2) is 8.65. The molecule has 0 saturated carbocycles. The molecule has 0 fully saturated rings. The number of carboxylic acid groups (broad SMARTS) is 1. The zero-order chi connectivity index (χ0) is 19.3. The van der Waals surface area contributed by atoms with Crippen molar-refractivity contribution in [3.8, 4) is 0 Å². The topological polar surface area (TPSA) is 75.4 Å². The fourth-order valence-electron chi connectivity index (χ4n) is 3.31. The first-order valence-corrected chi connectivity index (χ1v) is 8.85. The lowest BCUT2D eigenvalue weighted by atomic mass is 9.97. The van der Waals surface area contributed by atoms with Gasteiger partial charge in [-0.15, -0.1) is 0 Å².